The maximum atomic E-state index is 12.3. The molecule has 0 fully saturated rings. The number of amides is 2. The van der Waals surface area contributed by atoms with Crippen LogP contribution in [0.15, 0.2) is 48.5 Å². The van der Waals surface area contributed by atoms with E-state index in [9.17, 15) is 9.59 Å². The first-order valence-electron chi connectivity index (χ1n) is 6.39. The highest BCUT2D eigenvalue weighted by molar-refractivity contribution is 6.06. The van der Waals surface area contributed by atoms with Gasteiger partial charge < -0.3 is 4.90 Å². The molecule has 0 aromatic heterocycles. The third-order valence-corrected chi connectivity index (χ3v) is 3.18. The summed E-state index contributed by atoms with van der Waals surface area (Å²) >= 11 is 0. The number of benzene rings is 2. The molecule has 0 heterocycles. The first-order chi connectivity index (χ1) is 10.6. The molecule has 2 aromatic carbocycles. The van der Waals surface area contributed by atoms with E-state index in [4.69, 9.17) is 10.5 Å². The van der Waals surface area contributed by atoms with Gasteiger partial charge in [-0.05, 0) is 48.5 Å². The smallest absolute Gasteiger partial charge is 0.274 e. The summed E-state index contributed by atoms with van der Waals surface area (Å²) in [6, 6.07) is 14.5. The molecule has 2 aromatic rings. The van der Waals surface area contributed by atoms with Crippen molar-refractivity contribution in [2.24, 2.45) is 0 Å². The third kappa shape index (κ3) is 3.11. The summed E-state index contributed by atoms with van der Waals surface area (Å²) in [6.07, 6.45) is 0. The van der Waals surface area contributed by atoms with Crippen LogP contribution in [0, 0.1) is 11.3 Å². The fraction of sp³-hybridized carbons (Fsp3) is 0.0625. The van der Waals surface area contributed by atoms with E-state index in [-0.39, 0.29) is 11.5 Å². The summed E-state index contributed by atoms with van der Waals surface area (Å²) in [4.78, 5) is 25.0. The molecule has 6 heteroatoms. The summed E-state index contributed by atoms with van der Waals surface area (Å²) < 4.78 is 0. The zero-order valence-electron chi connectivity index (χ0n) is 11.8. The Morgan fingerprint density at radius 2 is 1.59 bits per heavy atom. The van der Waals surface area contributed by atoms with Crippen LogP contribution in [-0.2, 0) is 0 Å². The van der Waals surface area contributed by atoms with Crippen molar-refractivity contribution in [2.75, 3.05) is 11.9 Å². The van der Waals surface area contributed by atoms with E-state index in [0.717, 1.165) is 0 Å². The van der Waals surface area contributed by atoms with Crippen molar-refractivity contribution in [3.8, 4) is 6.07 Å². The quantitative estimate of drug-likeness (QED) is 0.668. The van der Waals surface area contributed by atoms with Gasteiger partial charge in [0.15, 0.2) is 0 Å². The maximum Gasteiger partial charge on any atom is 0.274 e. The van der Waals surface area contributed by atoms with Crippen molar-refractivity contribution >= 4 is 17.5 Å². The molecule has 6 nitrogen and oxygen atoms in total. The first kappa shape index (κ1) is 15.2. The lowest BCUT2D eigenvalue weighted by Crippen LogP contribution is -2.26. The lowest BCUT2D eigenvalue weighted by Gasteiger charge is -2.17. The number of hydroxylamine groups is 1. The molecule has 2 N–H and O–H groups in total. The van der Waals surface area contributed by atoms with Crippen molar-refractivity contribution in [3.63, 3.8) is 0 Å². The van der Waals surface area contributed by atoms with Gasteiger partial charge >= 0.3 is 0 Å². The number of nitrogens with zero attached hydrogens (tertiary/aromatic N) is 2. The van der Waals surface area contributed by atoms with E-state index in [2.05, 4.69) is 0 Å². The molecule has 0 atom stereocenters. The molecule has 0 saturated heterocycles. The fourth-order valence-corrected chi connectivity index (χ4v) is 1.90. The molecular weight excluding hydrogens is 282 g/mol. The monoisotopic (exact) mass is 295 g/mol. The van der Waals surface area contributed by atoms with Crippen molar-refractivity contribution in [1.29, 1.82) is 5.26 Å². The lowest BCUT2D eigenvalue weighted by atomic mass is 10.1. The molecule has 0 spiro atoms. The van der Waals surface area contributed by atoms with Crippen LogP contribution in [0.3, 0.4) is 0 Å². The molecule has 0 radical (unpaired) electrons. The summed E-state index contributed by atoms with van der Waals surface area (Å²) in [5, 5.41) is 17.3. The van der Waals surface area contributed by atoms with Crippen LogP contribution in [-0.4, -0.2) is 24.1 Å². The Hall–Kier alpha value is -3.17. The van der Waals surface area contributed by atoms with Crippen LogP contribution in [0.25, 0.3) is 0 Å². The highest BCUT2D eigenvalue weighted by Crippen LogP contribution is 2.17. The molecule has 22 heavy (non-hydrogen) atoms. The fourth-order valence-electron chi connectivity index (χ4n) is 1.90. The van der Waals surface area contributed by atoms with Gasteiger partial charge in [-0.15, -0.1) is 0 Å². The predicted octanol–water partition coefficient (Wildman–Crippen LogP) is 1.95. The number of carbonyl (C=O) groups excluding carboxylic acids is 2. The molecule has 0 aliphatic heterocycles. The standard InChI is InChI=1S/C16H13N3O3/c1-19(14-8-6-12(7-9-14)15(20)18-22)16(21)13-4-2-11(10-17)3-5-13/h2-9,22H,1H3,(H,18,20). The average Bonchev–Trinajstić information content (AvgIpc) is 2.60. The molecule has 0 bridgehead atoms. The minimum Gasteiger partial charge on any atom is -0.311 e. The minimum absolute atomic E-state index is 0.233. The van der Waals surface area contributed by atoms with E-state index in [0.29, 0.717) is 16.8 Å². The number of nitrogens with one attached hydrogen (secondary N) is 1. The third-order valence-electron chi connectivity index (χ3n) is 3.18. The Kier molecular flexibility index (Phi) is 4.51. The van der Waals surface area contributed by atoms with Gasteiger partial charge in [0.05, 0.1) is 11.6 Å². The summed E-state index contributed by atoms with van der Waals surface area (Å²) in [5.41, 5.74) is 3.37. The Bertz CT molecular complexity index is 731. The van der Waals surface area contributed by atoms with Crippen molar-refractivity contribution < 1.29 is 14.8 Å². The zero-order chi connectivity index (χ0) is 16.1. The Morgan fingerprint density at radius 1 is 1.05 bits per heavy atom. The summed E-state index contributed by atoms with van der Waals surface area (Å²) in [5.74, 6) is -0.850. The second-order valence-electron chi connectivity index (χ2n) is 4.54. The van der Waals surface area contributed by atoms with Crippen molar-refractivity contribution in [2.45, 2.75) is 0 Å². The highest BCUT2D eigenvalue weighted by atomic mass is 16.5. The summed E-state index contributed by atoms with van der Waals surface area (Å²) in [6.45, 7) is 0. The molecule has 2 amide bonds. The van der Waals surface area contributed by atoms with Crippen LogP contribution >= 0.6 is 0 Å². The second kappa shape index (κ2) is 6.52. The van der Waals surface area contributed by atoms with Crippen LogP contribution in [0.1, 0.15) is 26.3 Å². The maximum absolute atomic E-state index is 12.3. The van der Waals surface area contributed by atoms with Gasteiger partial charge in [-0.3, -0.25) is 14.8 Å². The normalized spacial score (nSPS) is 9.68. The Balaban J connectivity index is 2.19. The lowest BCUT2D eigenvalue weighted by molar-refractivity contribution is 0.0706. The Morgan fingerprint density at radius 3 is 2.09 bits per heavy atom. The number of hydrogen-bond donors (Lipinski definition) is 2. The number of carbonyl (C=O) groups is 2. The van der Waals surface area contributed by atoms with Crippen LogP contribution in [0.5, 0.6) is 0 Å². The molecule has 110 valence electrons. The number of rotatable bonds is 3. The Labute approximate surface area is 127 Å². The van der Waals surface area contributed by atoms with Gasteiger partial charge in [0.25, 0.3) is 11.8 Å². The van der Waals surface area contributed by atoms with Crippen molar-refractivity contribution in [3.05, 3.63) is 65.2 Å². The number of nitriles is 1. The average molecular weight is 295 g/mol. The predicted molar refractivity (Wildman–Crippen MR) is 79.6 cm³/mol. The summed E-state index contributed by atoms with van der Waals surface area (Å²) in [7, 11) is 1.61. The first-order valence-corrected chi connectivity index (χ1v) is 6.39. The van der Waals surface area contributed by atoms with Crippen LogP contribution in [0.4, 0.5) is 5.69 Å². The highest BCUT2D eigenvalue weighted by Gasteiger charge is 2.14. The van der Waals surface area contributed by atoms with Gasteiger partial charge in [-0.25, -0.2) is 5.48 Å². The van der Waals surface area contributed by atoms with E-state index >= 15 is 0 Å². The molecular formula is C16H13N3O3. The second-order valence-corrected chi connectivity index (χ2v) is 4.54. The van der Waals surface area contributed by atoms with Gasteiger partial charge in [0, 0.05) is 23.9 Å². The molecule has 0 saturated carbocycles. The number of hydrogen-bond acceptors (Lipinski definition) is 4. The SMILES string of the molecule is CN(C(=O)c1ccc(C#N)cc1)c1ccc(C(=O)NO)cc1. The van der Waals surface area contributed by atoms with E-state index < -0.39 is 5.91 Å². The molecule has 0 aliphatic carbocycles. The van der Waals surface area contributed by atoms with E-state index in [1.54, 1.807) is 48.9 Å². The zero-order valence-corrected chi connectivity index (χ0v) is 11.8. The topological polar surface area (TPSA) is 93.4 Å². The van der Waals surface area contributed by atoms with Gasteiger partial charge in [-0.1, -0.05) is 0 Å². The molecule has 0 aliphatic rings. The van der Waals surface area contributed by atoms with Gasteiger partial charge in [0.2, 0.25) is 0 Å². The van der Waals surface area contributed by atoms with E-state index in [1.165, 1.54) is 17.0 Å². The molecule has 0 unspecified atom stereocenters. The molecule has 2 rings (SSSR count). The van der Waals surface area contributed by atoms with Crippen molar-refractivity contribution in [1.82, 2.24) is 5.48 Å². The van der Waals surface area contributed by atoms with Crippen LogP contribution < -0.4 is 10.4 Å². The van der Waals surface area contributed by atoms with Gasteiger partial charge in [0.1, 0.15) is 0 Å². The van der Waals surface area contributed by atoms with Gasteiger partial charge in [-0.2, -0.15) is 5.26 Å². The minimum atomic E-state index is -0.618. The van der Waals surface area contributed by atoms with E-state index in [1.807, 2.05) is 6.07 Å². The number of anilines is 1. The van der Waals surface area contributed by atoms with Crippen LogP contribution in [0.2, 0.25) is 0 Å². The largest absolute Gasteiger partial charge is 0.311 e.